The standard InChI is InChI=1S/C21H20ClN3O4/c1-3-28-17-11-9-15(10-12-17)23-18(26)13-29-21(27)19-14(2)24-25(20(19)22)16-7-5-4-6-8-16/h4-12H,3,13H2,1-2H3,(H,23,26). The van der Waals surface area contributed by atoms with E-state index in [2.05, 4.69) is 10.4 Å². The van der Waals surface area contributed by atoms with Gasteiger partial charge in [0.15, 0.2) is 6.61 Å². The fraction of sp³-hybridized carbons (Fsp3) is 0.190. The van der Waals surface area contributed by atoms with Crippen molar-refractivity contribution < 1.29 is 19.1 Å². The van der Waals surface area contributed by atoms with E-state index in [9.17, 15) is 9.59 Å². The molecule has 1 aromatic heterocycles. The first-order valence-corrected chi connectivity index (χ1v) is 9.37. The Hall–Kier alpha value is -3.32. The van der Waals surface area contributed by atoms with Crippen molar-refractivity contribution in [3.05, 3.63) is 71.0 Å². The summed E-state index contributed by atoms with van der Waals surface area (Å²) < 4.78 is 11.9. The molecule has 0 bridgehead atoms. The molecular weight excluding hydrogens is 394 g/mol. The predicted molar refractivity (Wildman–Crippen MR) is 110 cm³/mol. The number of rotatable bonds is 7. The van der Waals surface area contributed by atoms with Crippen molar-refractivity contribution in [3.8, 4) is 11.4 Å². The van der Waals surface area contributed by atoms with Gasteiger partial charge in [0.2, 0.25) is 0 Å². The van der Waals surface area contributed by atoms with Crippen LogP contribution < -0.4 is 10.1 Å². The number of nitrogens with zero attached hydrogens (tertiary/aromatic N) is 2. The van der Waals surface area contributed by atoms with Gasteiger partial charge in [-0.1, -0.05) is 29.8 Å². The Bertz CT molecular complexity index is 1000. The summed E-state index contributed by atoms with van der Waals surface area (Å²) in [5.74, 6) is -0.472. The fourth-order valence-electron chi connectivity index (χ4n) is 2.67. The molecule has 8 heteroatoms. The van der Waals surface area contributed by atoms with Crippen molar-refractivity contribution >= 4 is 29.2 Å². The van der Waals surface area contributed by atoms with Crippen LogP contribution in [0.3, 0.4) is 0 Å². The van der Waals surface area contributed by atoms with E-state index in [4.69, 9.17) is 21.1 Å². The van der Waals surface area contributed by atoms with Crippen molar-refractivity contribution in [2.24, 2.45) is 0 Å². The number of anilines is 1. The Morgan fingerprint density at radius 2 is 1.79 bits per heavy atom. The Morgan fingerprint density at radius 1 is 1.10 bits per heavy atom. The number of carbonyl (C=O) groups excluding carboxylic acids is 2. The molecule has 3 aromatic rings. The summed E-state index contributed by atoms with van der Waals surface area (Å²) in [6.45, 7) is 3.66. The number of benzene rings is 2. The van der Waals surface area contributed by atoms with E-state index >= 15 is 0 Å². The van der Waals surface area contributed by atoms with Crippen LogP contribution in [-0.2, 0) is 9.53 Å². The van der Waals surface area contributed by atoms with Crippen LogP contribution in [0, 0.1) is 6.92 Å². The number of hydrogen-bond acceptors (Lipinski definition) is 5. The van der Waals surface area contributed by atoms with Crippen molar-refractivity contribution in [2.75, 3.05) is 18.5 Å². The highest BCUT2D eigenvalue weighted by Crippen LogP contribution is 2.24. The zero-order valence-corrected chi connectivity index (χ0v) is 16.8. The average molecular weight is 414 g/mol. The smallest absolute Gasteiger partial charge is 0.343 e. The van der Waals surface area contributed by atoms with Gasteiger partial charge in [0.25, 0.3) is 5.91 Å². The number of para-hydroxylation sites is 1. The highest BCUT2D eigenvalue weighted by Gasteiger charge is 2.23. The van der Waals surface area contributed by atoms with Crippen molar-refractivity contribution in [2.45, 2.75) is 13.8 Å². The van der Waals surface area contributed by atoms with Crippen LogP contribution in [-0.4, -0.2) is 34.9 Å². The van der Waals surface area contributed by atoms with E-state index in [1.165, 1.54) is 4.68 Å². The Morgan fingerprint density at radius 3 is 2.45 bits per heavy atom. The molecule has 0 unspecified atom stereocenters. The molecule has 1 N–H and O–H groups in total. The van der Waals surface area contributed by atoms with Gasteiger partial charge in [-0.3, -0.25) is 4.79 Å². The van der Waals surface area contributed by atoms with Crippen molar-refractivity contribution in [3.63, 3.8) is 0 Å². The Balaban J connectivity index is 1.62. The van der Waals surface area contributed by atoms with Gasteiger partial charge in [0.1, 0.15) is 16.5 Å². The third kappa shape index (κ3) is 4.94. The van der Waals surface area contributed by atoms with Gasteiger partial charge >= 0.3 is 5.97 Å². The number of aromatic nitrogens is 2. The van der Waals surface area contributed by atoms with Crippen LogP contribution in [0.2, 0.25) is 5.15 Å². The molecule has 29 heavy (non-hydrogen) atoms. The molecule has 0 fully saturated rings. The lowest BCUT2D eigenvalue weighted by Crippen LogP contribution is -2.21. The number of ether oxygens (including phenoxy) is 2. The minimum atomic E-state index is -0.712. The van der Waals surface area contributed by atoms with Crippen LogP contribution in [0.25, 0.3) is 5.69 Å². The quantitative estimate of drug-likeness (QED) is 0.591. The van der Waals surface area contributed by atoms with E-state index in [0.717, 1.165) is 0 Å². The second-order valence-electron chi connectivity index (χ2n) is 6.08. The zero-order chi connectivity index (χ0) is 20.8. The van der Waals surface area contributed by atoms with Crippen LogP contribution in [0.5, 0.6) is 5.75 Å². The summed E-state index contributed by atoms with van der Waals surface area (Å²) in [5.41, 5.74) is 1.83. The van der Waals surface area contributed by atoms with Gasteiger partial charge in [-0.05, 0) is 50.2 Å². The summed E-state index contributed by atoms with van der Waals surface area (Å²) in [4.78, 5) is 24.5. The molecule has 3 rings (SSSR count). The maximum atomic E-state index is 12.4. The summed E-state index contributed by atoms with van der Waals surface area (Å²) in [6.07, 6.45) is 0. The van der Waals surface area contributed by atoms with E-state index < -0.39 is 18.5 Å². The number of hydrogen-bond donors (Lipinski definition) is 1. The average Bonchev–Trinajstić information content (AvgIpc) is 3.03. The maximum absolute atomic E-state index is 12.4. The van der Waals surface area contributed by atoms with E-state index in [1.807, 2.05) is 37.3 Å². The molecule has 1 heterocycles. The fourth-order valence-corrected chi connectivity index (χ4v) is 3.02. The Labute approximate surface area is 173 Å². The number of aryl methyl sites for hydroxylation is 1. The predicted octanol–water partition coefficient (Wildman–Crippen LogP) is 4.03. The molecule has 2 aromatic carbocycles. The Kier molecular flexibility index (Phi) is 6.51. The van der Waals surface area contributed by atoms with Gasteiger partial charge in [-0.2, -0.15) is 5.10 Å². The molecule has 0 aliphatic rings. The van der Waals surface area contributed by atoms with Crippen LogP contribution in [0.15, 0.2) is 54.6 Å². The topological polar surface area (TPSA) is 82.4 Å². The second kappa shape index (κ2) is 9.25. The van der Waals surface area contributed by atoms with Crippen LogP contribution in [0.1, 0.15) is 23.0 Å². The second-order valence-corrected chi connectivity index (χ2v) is 6.44. The lowest BCUT2D eigenvalue weighted by molar-refractivity contribution is -0.119. The molecule has 1 amide bonds. The molecule has 0 atom stereocenters. The summed E-state index contributed by atoms with van der Waals surface area (Å²) >= 11 is 6.33. The number of esters is 1. The van der Waals surface area contributed by atoms with Gasteiger partial charge < -0.3 is 14.8 Å². The minimum Gasteiger partial charge on any atom is -0.494 e. The molecular formula is C21H20ClN3O4. The van der Waals surface area contributed by atoms with E-state index in [1.54, 1.807) is 31.2 Å². The third-order valence-electron chi connectivity index (χ3n) is 3.99. The first-order valence-electron chi connectivity index (χ1n) is 9.00. The molecule has 7 nitrogen and oxygen atoms in total. The zero-order valence-electron chi connectivity index (χ0n) is 16.0. The van der Waals surface area contributed by atoms with Crippen LogP contribution >= 0.6 is 11.6 Å². The first-order chi connectivity index (χ1) is 14.0. The SMILES string of the molecule is CCOc1ccc(NC(=O)COC(=O)c2c(C)nn(-c3ccccc3)c2Cl)cc1. The maximum Gasteiger partial charge on any atom is 0.343 e. The van der Waals surface area contributed by atoms with E-state index in [0.29, 0.717) is 29.4 Å². The largest absolute Gasteiger partial charge is 0.494 e. The van der Waals surface area contributed by atoms with Gasteiger partial charge in [-0.25, -0.2) is 9.48 Å². The first kappa shape index (κ1) is 20.4. The highest BCUT2D eigenvalue weighted by molar-refractivity contribution is 6.33. The van der Waals surface area contributed by atoms with Gasteiger partial charge in [0.05, 0.1) is 18.0 Å². The number of carbonyl (C=O) groups is 2. The summed E-state index contributed by atoms with van der Waals surface area (Å²) in [7, 11) is 0. The molecule has 0 aliphatic carbocycles. The molecule has 0 aliphatic heterocycles. The molecule has 0 spiro atoms. The van der Waals surface area contributed by atoms with Crippen molar-refractivity contribution in [1.82, 2.24) is 9.78 Å². The van der Waals surface area contributed by atoms with Crippen molar-refractivity contribution in [1.29, 1.82) is 0 Å². The van der Waals surface area contributed by atoms with Gasteiger partial charge in [0, 0.05) is 5.69 Å². The molecule has 0 radical (unpaired) electrons. The lowest BCUT2D eigenvalue weighted by atomic mass is 10.2. The minimum absolute atomic E-state index is 0.129. The monoisotopic (exact) mass is 413 g/mol. The summed E-state index contributed by atoms with van der Waals surface area (Å²) in [6, 6.07) is 16.1. The van der Waals surface area contributed by atoms with E-state index in [-0.39, 0.29) is 10.7 Å². The van der Waals surface area contributed by atoms with Gasteiger partial charge in [-0.15, -0.1) is 0 Å². The number of nitrogens with one attached hydrogen (secondary N) is 1. The molecule has 0 saturated carbocycles. The number of halogens is 1. The highest BCUT2D eigenvalue weighted by atomic mass is 35.5. The molecule has 150 valence electrons. The number of amides is 1. The lowest BCUT2D eigenvalue weighted by Gasteiger charge is -2.08. The molecule has 0 saturated heterocycles. The summed E-state index contributed by atoms with van der Waals surface area (Å²) in [5, 5.41) is 7.07. The normalized spacial score (nSPS) is 10.4. The third-order valence-corrected chi connectivity index (χ3v) is 4.34. The van der Waals surface area contributed by atoms with Crippen LogP contribution in [0.4, 0.5) is 5.69 Å².